The average Bonchev–Trinajstić information content (AvgIpc) is 3.57. The topological polar surface area (TPSA) is 169 Å². The Labute approximate surface area is 275 Å². The lowest BCUT2D eigenvalue weighted by Gasteiger charge is -2.42. The molecule has 0 spiro atoms. The number of hydrogen-bond acceptors (Lipinski definition) is 11. The number of imidazole rings is 1. The van der Waals surface area contributed by atoms with Crippen molar-refractivity contribution in [3.05, 3.63) is 84.6 Å². The second kappa shape index (κ2) is 14.4. The van der Waals surface area contributed by atoms with Crippen LogP contribution in [0.25, 0.3) is 0 Å². The summed E-state index contributed by atoms with van der Waals surface area (Å²) >= 11 is 0. The monoisotopic (exact) mass is 661 g/mol. The predicted molar refractivity (Wildman–Crippen MR) is 182 cm³/mol. The molecule has 14 heteroatoms. The Morgan fingerprint density at radius 1 is 1.11 bits per heavy atom. The summed E-state index contributed by atoms with van der Waals surface area (Å²) in [4.78, 5) is 26.6. The third-order valence-electron chi connectivity index (χ3n) is 8.12. The number of nitrogens with zero attached hydrogens (tertiary/aromatic N) is 5. The van der Waals surface area contributed by atoms with Gasteiger partial charge in [-0.05, 0) is 29.5 Å². The van der Waals surface area contributed by atoms with Gasteiger partial charge in [-0.1, -0.05) is 81.4 Å². The quantitative estimate of drug-likeness (QED) is 0.0770. The molecule has 0 aliphatic carbocycles. The molecule has 4 atom stereocenters. The van der Waals surface area contributed by atoms with Crippen LogP contribution in [-0.4, -0.2) is 103 Å². The zero-order valence-corrected chi connectivity index (χ0v) is 28.3. The number of anilines is 1. The van der Waals surface area contributed by atoms with Gasteiger partial charge in [-0.25, -0.2) is 15.0 Å². The van der Waals surface area contributed by atoms with Gasteiger partial charge in [-0.2, -0.15) is 0 Å². The van der Waals surface area contributed by atoms with Crippen LogP contribution >= 0.6 is 0 Å². The number of nitrogens with two attached hydrogens (primary N) is 1. The molecule has 1 aromatic heterocycles. The number of nitrogens with one attached hydrogen (secondary N) is 1. The fourth-order valence-electron chi connectivity index (χ4n) is 5.87. The number of benzene rings is 2. The molecule has 1 saturated heterocycles. The normalized spacial score (nSPS) is 22.5. The molecule has 1 fully saturated rings. The highest BCUT2D eigenvalue weighted by Gasteiger charge is 2.50. The number of amides is 1. The summed E-state index contributed by atoms with van der Waals surface area (Å²) in [5, 5.41) is 27.0. The first-order chi connectivity index (χ1) is 22.4. The predicted octanol–water partition coefficient (Wildman–Crippen LogP) is 1.18. The van der Waals surface area contributed by atoms with Crippen molar-refractivity contribution < 1.29 is 28.9 Å². The molecule has 0 bridgehead atoms. The molecule has 2 aliphatic heterocycles. The highest BCUT2D eigenvalue weighted by molar-refractivity contribution is 6.99. The number of amidine groups is 1. The standard InChI is InChI=1S/C33H43N7O6Si/c1-33(2,3)47(22-12-8-6-9-13-22,23-14-10-7-11-15-23)45-21-44-19-24-28(42)29(43)32(46-24)40-20-36-27-30(34)37-25(38-31(27)40)18-26(41)35-16-17-39(4)5/h6-16,18,20,24,28-29,32,38,42-43H,17,19,21H2,1-5H3,(H2,34,37)/t24-,28?,29?,32-/m1/s1. The largest absolute Gasteiger partial charge is 0.387 e. The van der Waals surface area contributed by atoms with Crippen molar-refractivity contribution in [1.82, 2.24) is 14.5 Å². The van der Waals surface area contributed by atoms with Gasteiger partial charge < -0.3 is 40.1 Å². The second-order valence-electron chi connectivity index (χ2n) is 12.8. The van der Waals surface area contributed by atoms with Gasteiger partial charge in [0.1, 0.15) is 42.4 Å². The number of aliphatic hydroxyl groups is 2. The second-order valence-corrected chi connectivity index (χ2v) is 17.1. The number of hydrogen-bond donors (Lipinski definition) is 4. The molecule has 3 aromatic rings. The third kappa shape index (κ3) is 7.28. The fourth-order valence-corrected chi connectivity index (χ4v) is 10.3. The van der Waals surface area contributed by atoms with Crippen molar-refractivity contribution in [1.29, 1.82) is 0 Å². The summed E-state index contributed by atoms with van der Waals surface area (Å²) in [6.07, 6.45) is -0.335. The van der Waals surface area contributed by atoms with Crippen LogP contribution in [0.1, 0.15) is 32.7 Å². The number of fused-ring (bicyclic) bond motifs is 1. The first kappa shape index (κ1) is 34.3. The maximum atomic E-state index is 12.3. The molecule has 5 N–H and O–H groups in total. The molecule has 13 nitrogen and oxygen atoms in total. The first-order valence-electron chi connectivity index (χ1n) is 15.4. The van der Waals surface area contributed by atoms with E-state index in [1.807, 2.05) is 55.4 Å². The van der Waals surface area contributed by atoms with Crippen molar-refractivity contribution in [3.8, 4) is 0 Å². The lowest BCUT2D eigenvalue weighted by molar-refractivity contribution is -0.113. The Balaban J connectivity index is 1.28. The van der Waals surface area contributed by atoms with E-state index in [2.05, 4.69) is 65.3 Å². The summed E-state index contributed by atoms with van der Waals surface area (Å²) in [6.45, 7) is 6.95. The lowest BCUT2D eigenvalue weighted by Crippen LogP contribution is -2.66. The fraction of sp³-hybridized carbons (Fsp3) is 0.394. The van der Waals surface area contributed by atoms with Crippen LogP contribution in [0.3, 0.4) is 0 Å². The van der Waals surface area contributed by atoms with Crippen LogP contribution in [0.2, 0.25) is 5.04 Å². The van der Waals surface area contributed by atoms with Gasteiger partial charge >= 0.3 is 0 Å². The van der Waals surface area contributed by atoms with Crippen molar-refractivity contribution in [2.24, 2.45) is 15.7 Å². The molecule has 5 rings (SSSR count). The molecule has 0 radical (unpaired) electrons. The van der Waals surface area contributed by atoms with E-state index in [1.54, 1.807) is 0 Å². The van der Waals surface area contributed by atoms with E-state index in [-0.39, 0.29) is 30.1 Å². The highest BCUT2D eigenvalue weighted by atomic mass is 28.4. The molecule has 2 unspecified atom stereocenters. The van der Waals surface area contributed by atoms with Crippen molar-refractivity contribution in [2.75, 3.05) is 39.4 Å². The molecule has 2 aliphatic rings. The van der Waals surface area contributed by atoms with E-state index >= 15 is 0 Å². The lowest BCUT2D eigenvalue weighted by atomic mass is 10.1. The molecule has 2 aromatic carbocycles. The van der Waals surface area contributed by atoms with E-state index in [0.717, 1.165) is 10.4 Å². The van der Waals surface area contributed by atoms with E-state index in [4.69, 9.17) is 19.6 Å². The van der Waals surface area contributed by atoms with Crippen LogP contribution in [0, 0.1) is 0 Å². The summed E-state index contributed by atoms with van der Waals surface area (Å²) in [5.41, 5.74) is 6.45. The first-order valence-corrected chi connectivity index (χ1v) is 17.3. The molecular formula is C33H43N7O6Si. The molecular weight excluding hydrogens is 618 g/mol. The van der Waals surface area contributed by atoms with Crippen LogP contribution in [-0.2, 0) is 18.7 Å². The van der Waals surface area contributed by atoms with Crippen molar-refractivity contribution in [3.63, 3.8) is 0 Å². The van der Waals surface area contributed by atoms with Crippen LogP contribution in [0.15, 0.2) is 88.9 Å². The number of aliphatic hydroxyl groups excluding tert-OH is 2. The zero-order valence-electron chi connectivity index (χ0n) is 27.3. The minimum Gasteiger partial charge on any atom is -0.387 e. The number of carbonyl (C=O) groups is 1. The van der Waals surface area contributed by atoms with Gasteiger partial charge in [0.05, 0.1) is 12.9 Å². The maximum Gasteiger partial charge on any atom is 0.273 e. The zero-order chi connectivity index (χ0) is 33.8. The summed E-state index contributed by atoms with van der Waals surface area (Å²) in [5.74, 6) is 0.0477. The highest BCUT2D eigenvalue weighted by Crippen LogP contribution is 2.37. The molecule has 1 amide bonds. The van der Waals surface area contributed by atoms with Crippen LogP contribution in [0.5, 0.6) is 0 Å². The molecule has 47 heavy (non-hydrogen) atoms. The smallest absolute Gasteiger partial charge is 0.273 e. The van der Waals surface area contributed by atoms with Crippen LogP contribution in [0.4, 0.5) is 5.82 Å². The van der Waals surface area contributed by atoms with Gasteiger partial charge in [-0.3, -0.25) is 9.36 Å². The van der Waals surface area contributed by atoms with Crippen molar-refractivity contribution >= 4 is 42.5 Å². The van der Waals surface area contributed by atoms with Gasteiger partial charge in [0.15, 0.2) is 12.1 Å². The molecule has 250 valence electrons. The Hall–Kier alpha value is -4.02. The summed E-state index contributed by atoms with van der Waals surface area (Å²) in [6, 6.07) is 20.4. The minimum atomic E-state index is -2.83. The van der Waals surface area contributed by atoms with Crippen molar-refractivity contribution in [2.45, 2.75) is 50.3 Å². The van der Waals surface area contributed by atoms with Gasteiger partial charge in [0, 0.05) is 18.8 Å². The summed E-state index contributed by atoms with van der Waals surface area (Å²) < 4.78 is 20.4. The Bertz CT molecular complexity index is 1580. The van der Waals surface area contributed by atoms with Crippen LogP contribution < -0.4 is 21.4 Å². The Kier molecular flexibility index (Phi) is 10.5. The third-order valence-corrected chi connectivity index (χ3v) is 13.1. The van der Waals surface area contributed by atoms with E-state index in [9.17, 15) is 15.0 Å². The number of ether oxygens (including phenoxy) is 2. The number of aromatic nitrogens is 2. The number of carbonyl (C=O) groups excluding carboxylic acids is 1. The van der Waals surface area contributed by atoms with E-state index in [0.29, 0.717) is 18.1 Å². The average molecular weight is 662 g/mol. The minimum absolute atomic E-state index is 0.0363. The number of aliphatic imine (C=N–C) groups is 2. The van der Waals surface area contributed by atoms with E-state index in [1.165, 1.54) is 23.2 Å². The summed E-state index contributed by atoms with van der Waals surface area (Å²) in [7, 11) is 0.899. The Morgan fingerprint density at radius 3 is 2.34 bits per heavy atom. The van der Waals surface area contributed by atoms with Gasteiger partial charge in [0.2, 0.25) is 0 Å². The number of rotatable bonds is 11. The SMILES string of the molecule is CN(C)CC=NC(=O)C=C1N=C(N)c2ncn([C@@H]3O[C@H](COCO[Si](c4ccccc4)(c4ccccc4)C(C)(C)C)C(O)C3O)c2N1. The maximum absolute atomic E-state index is 12.3. The van der Waals surface area contributed by atoms with Gasteiger partial charge in [-0.15, -0.1) is 0 Å². The molecule has 0 saturated carbocycles. The van der Waals surface area contributed by atoms with E-state index < -0.39 is 38.8 Å². The van der Waals surface area contributed by atoms with Gasteiger partial charge in [0.25, 0.3) is 14.2 Å². The molecule has 3 heterocycles. The Morgan fingerprint density at radius 2 is 1.74 bits per heavy atom.